The van der Waals surface area contributed by atoms with Crippen LogP contribution in [0.15, 0.2) is 24.3 Å². The molecule has 1 rings (SSSR count). The normalized spacial score (nSPS) is 13.1. The zero-order valence-corrected chi connectivity index (χ0v) is 15.3. The number of carbonyl (C=O) groups is 1. The molecular weight excluding hydrogens is 410 g/mol. The Morgan fingerprint density at radius 3 is 2.38 bits per heavy atom. The second kappa shape index (κ2) is 8.42. The largest absolute Gasteiger partial charge is 0.416 e. The van der Waals surface area contributed by atoms with E-state index in [0.717, 1.165) is 12.1 Å². The van der Waals surface area contributed by atoms with Gasteiger partial charge in [0, 0.05) is 12.1 Å². The van der Waals surface area contributed by atoms with E-state index in [4.69, 9.17) is 47.0 Å². The van der Waals surface area contributed by atoms with Crippen molar-refractivity contribution in [3.63, 3.8) is 0 Å². The fraction of sp³-hybridized carbons (Fsp3) is 0.385. The summed E-state index contributed by atoms with van der Waals surface area (Å²) < 4.78 is 36.1. The van der Waals surface area contributed by atoms with Gasteiger partial charge in [-0.15, -0.1) is 0 Å². The molecular formula is C13H13Cl3F3N3OS. The number of hydrogen-bond acceptors (Lipinski definition) is 2. The highest BCUT2D eigenvalue weighted by Crippen LogP contribution is 2.31. The molecule has 1 amide bonds. The lowest BCUT2D eigenvalue weighted by molar-refractivity contribution is -0.137. The van der Waals surface area contributed by atoms with Gasteiger partial charge in [0.25, 0.3) is 0 Å². The average molecular weight is 423 g/mol. The maximum atomic E-state index is 12.7. The van der Waals surface area contributed by atoms with Crippen molar-refractivity contribution in [1.82, 2.24) is 10.6 Å². The first kappa shape index (κ1) is 21.1. The van der Waals surface area contributed by atoms with Crippen LogP contribution in [0.2, 0.25) is 0 Å². The molecule has 11 heteroatoms. The second-order valence-corrected chi connectivity index (χ2v) is 7.35. The molecule has 0 aliphatic rings. The first-order valence-corrected chi connectivity index (χ1v) is 8.08. The number of rotatable bonds is 4. The quantitative estimate of drug-likeness (QED) is 0.386. The Labute approximate surface area is 157 Å². The highest BCUT2D eigenvalue weighted by Gasteiger charge is 2.34. The topological polar surface area (TPSA) is 53.2 Å². The minimum absolute atomic E-state index is 0.0900. The van der Waals surface area contributed by atoms with Crippen molar-refractivity contribution >= 4 is 63.7 Å². The van der Waals surface area contributed by atoms with Crippen LogP contribution in [0.5, 0.6) is 0 Å². The highest BCUT2D eigenvalue weighted by atomic mass is 35.6. The smallest absolute Gasteiger partial charge is 0.339 e. The van der Waals surface area contributed by atoms with Gasteiger partial charge in [-0.1, -0.05) is 47.8 Å². The summed E-state index contributed by atoms with van der Waals surface area (Å²) in [4.78, 5) is 11.4. The van der Waals surface area contributed by atoms with E-state index >= 15 is 0 Å². The number of carbonyl (C=O) groups excluding carboxylic acids is 1. The summed E-state index contributed by atoms with van der Waals surface area (Å²) in [7, 11) is 0. The van der Waals surface area contributed by atoms with Crippen LogP contribution in [0.25, 0.3) is 0 Å². The number of alkyl halides is 6. The minimum Gasteiger partial charge on any atom is -0.339 e. The van der Waals surface area contributed by atoms with E-state index in [-0.39, 0.29) is 17.2 Å². The molecule has 0 spiro atoms. The molecule has 0 aliphatic carbocycles. The van der Waals surface area contributed by atoms with Crippen LogP contribution in [0, 0.1) is 0 Å². The molecule has 0 bridgehead atoms. The van der Waals surface area contributed by atoms with Gasteiger partial charge in [0.1, 0.15) is 6.17 Å². The summed E-state index contributed by atoms with van der Waals surface area (Å²) in [5, 5.41) is 7.36. The van der Waals surface area contributed by atoms with E-state index in [0.29, 0.717) is 0 Å². The maximum Gasteiger partial charge on any atom is 0.416 e. The Balaban J connectivity index is 2.81. The van der Waals surface area contributed by atoms with E-state index in [9.17, 15) is 18.0 Å². The van der Waals surface area contributed by atoms with Crippen LogP contribution >= 0.6 is 47.0 Å². The fourth-order valence-electron chi connectivity index (χ4n) is 1.53. The van der Waals surface area contributed by atoms with Crippen molar-refractivity contribution in [3.8, 4) is 0 Å². The highest BCUT2D eigenvalue weighted by molar-refractivity contribution is 7.80. The van der Waals surface area contributed by atoms with Crippen LogP contribution in [-0.2, 0) is 11.0 Å². The van der Waals surface area contributed by atoms with Gasteiger partial charge in [-0.3, -0.25) is 4.79 Å². The molecule has 1 atom stereocenters. The number of thiocarbonyl (C=S) groups is 1. The van der Waals surface area contributed by atoms with Crippen molar-refractivity contribution in [3.05, 3.63) is 29.8 Å². The lowest BCUT2D eigenvalue weighted by Crippen LogP contribution is -2.56. The summed E-state index contributed by atoms with van der Waals surface area (Å²) in [6.45, 7) is 1.60. The third-order valence-electron chi connectivity index (χ3n) is 2.68. The molecule has 4 nitrogen and oxygen atoms in total. The number of halogens is 6. The van der Waals surface area contributed by atoms with Gasteiger partial charge >= 0.3 is 6.18 Å². The molecule has 1 aromatic rings. The third-order valence-corrected chi connectivity index (χ3v) is 3.55. The number of benzene rings is 1. The lowest BCUT2D eigenvalue weighted by atomic mass is 10.2. The summed E-state index contributed by atoms with van der Waals surface area (Å²) in [5.74, 6) is -0.402. The van der Waals surface area contributed by atoms with E-state index in [1.807, 2.05) is 0 Å². The summed E-state index contributed by atoms with van der Waals surface area (Å²) in [6.07, 6.45) is -5.50. The van der Waals surface area contributed by atoms with Gasteiger partial charge < -0.3 is 16.0 Å². The molecule has 0 aromatic heterocycles. The van der Waals surface area contributed by atoms with Gasteiger partial charge in [-0.25, -0.2) is 0 Å². The Hall–Kier alpha value is -0.960. The summed E-state index contributed by atoms with van der Waals surface area (Å²) in [5.41, 5.74) is -0.750. The fourth-order valence-corrected chi connectivity index (χ4v) is 2.10. The average Bonchev–Trinajstić information content (AvgIpc) is 2.44. The van der Waals surface area contributed by atoms with Gasteiger partial charge in [0.2, 0.25) is 9.70 Å². The molecule has 0 saturated carbocycles. The van der Waals surface area contributed by atoms with Gasteiger partial charge in [-0.05, 0) is 30.4 Å². The molecule has 1 aromatic carbocycles. The van der Waals surface area contributed by atoms with Crippen molar-refractivity contribution in [2.45, 2.75) is 29.5 Å². The zero-order valence-electron chi connectivity index (χ0n) is 12.2. The standard InChI is InChI=1S/C13H13Cl3F3N3OS/c1-2-9(23)21-10(12(14,15)16)22-11(24)20-8-5-3-4-7(6-8)13(17,18)19/h3-6,10H,2H2,1H3,(H,21,23)(H2,20,22,24)/t10-/m1/s1. The summed E-state index contributed by atoms with van der Waals surface area (Å²) >= 11 is 22.2. The molecule has 134 valence electrons. The molecule has 0 fully saturated rings. The van der Waals surface area contributed by atoms with Crippen molar-refractivity contribution < 1.29 is 18.0 Å². The van der Waals surface area contributed by atoms with E-state index in [1.165, 1.54) is 12.1 Å². The Kier molecular flexibility index (Phi) is 7.40. The molecule has 0 unspecified atom stereocenters. The first-order valence-electron chi connectivity index (χ1n) is 6.54. The number of amides is 1. The predicted octanol–water partition coefficient (Wildman–Crippen LogP) is 4.21. The minimum atomic E-state index is -4.48. The second-order valence-electron chi connectivity index (χ2n) is 4.57. The van der Waals surface area contributed by atoms with Crippen LogP contribution in [-0.4, -0.2) is 21.0 Å². The predicted molar refractivity (Wildman–Crippen MR) is 93.3 cm³/mol. The monoisotopic (exact) mass is 421 g/mol. The molecule has 0 aliphatic heterocycles. The third kappa shape index (κ3) is 6.88. The number of hydrogen-bond donors (Lipinski definition) is 3. The van der Waals surface area contributed by atoms with Crippen molar-refractivity contribution in [1.29, 1.82) is 0 Å². The van der Waals surface area contributed by atoms with Gasteiger partial charge in [-0.2, -0.15) is 13.2 Å². The molecule has 3 N–H and O–H groups in total. The number of anilines is 1. The Morgan fingerprint density at radius 2 is 1.88 bits per heavy atom. The van der Waals surface area contributed by atoms with Gasteiger partial charge in [0.05, 0.1) is 5.56 Å². The number of nitrogens with one attached hydrogen (secondary N) is 3. The first-order chi connectivity index (χ1) is 10.9. The van der Waals surface area contributed by atoms with Crippen LogP contribution in [0.3, 0.4) is 0 Å². The SMILES string of the molecule is CCC(=O)N[C@H](NC(=S)Nc1cccc(C(F)(F)F)c1)C(Cl)(Cl)Cl. The van der Waals surface area contributed by atoms with E-state index < -0.39 is 27.6 Å². The maximum absolute atomic E-state index is 12.7. The van der Waals surface area contributed by atoms with Gasteiger partial charge in [0.15, 0.2) is 5.11 Å². The van der Waals surface area contributed by atoms with E-state index in [2.05, 4.69) is 16.0 Å². The molecule has 0 radical (unpaired) electrons. The lowest BCUT2D eigenvalue weighted by Gasteiger charge is -2.27. The van der Waals surface area contributed by atoms with Crippen LogP contribution in [0.4, 0.5) is 18.9 Å². The Bertz CT molecular complexity index is 608. The Morgan fingerprint density at radius 1 is 1.25 bits per heavy atom. The van der Waals surface area contributed by atoms with Crippen LogP contribution < -0.4 is 16.0 Å². The zero-order chi connectivity index (χ0) is 18.5. The molecule has 24 heavy (non-hydrogen) atoms. The summed E-state index contributed by atoms with van der Waals surface area (Å²) in [6, 6.07) is 4.41. The molecule has 0 heterocycles. The van der Waals surface area contributed by atoms with E-state index in [1.54, 1.807) is 6.92 Å². The molecule has 0 saturated heterocycles. The van der Waals surface area contributed by atoms with Crippen LogP contribution in [0.1, 0.15) is 18.9 Å². The van der Waals surface area contributed by atoms with Crippen molar-refractivity contribution in [2.24, 2.45) is 0 Å². The van der Waals surface area contributed by atoms with Crippen molar-refractivity contribution in [2.75, 3.05) is 5.32 Å².